The molecule has 0 spiro atoms. The van der Waals surface area contributed by atoms with Crippen LogP contribution in [0.15, 0.2) is 103 Å². The Hall–Kier alpha value is -2.81. The summed E-state index contributed by atoms with van der Waals surface area (Å²) >= 11 is 3.26. The molecule has 0 saturated carbocycles. The molecule has 0 aromatic heterocycles. The number of phenols is 1. The minimum Gasteiger partial charge on any atom is -0.507 e. The first kappa shape index (κ1) is 23.8. The molecular formula is C27H27BrO3P+. The first-order chi connectivity index (χ1) is 15.7. The highest BCUT2D eigenvalue weighted by molar-refractivity contribution is 9.08. The molecule has 1 N–H and O–H groups in total. The van der Waals surface area contributed by atoms with Crippen molar-refractivity contribution in [3.05, 3.63) is 109 Å². The van der Waals surface area contributed by atoms with Gasteiger partial charge in [-0.05, 0) is 29.9 Å². The second-order valence-electron chi connectivity index (χ2n) is 6.81. The van der Waals surface area contributed by atoms with Gasteiger partial charge in [0.05, 0.1) is 14.2 Å². The third-order valence-electron chi connectivity index (χ3n) is 4.77. The van der Waals surface area contributed by atoms with Crippen molar-refractivity contribution >= 4 is 39.8 Å². The maximum Gasteiger partial charge on any atom is 1.00 e. The third kappa shape index (κ3) is 6.12. The summed E-state index contributed by atoms with van der Waals surface area (Å²) in [6.45, 7) is 0. The van der Waals surface area contributed by atoms with Crippen LogP contribution in [0.25, 0.3) is 0 Å². The maximum atomic E-state index is 9.48. The second-order valence-corrected chi connectivity index (χ2v) is 9.59. The van der Waals surface area contributed by atoms with E-state index < -0.39 is 7.92 Å². The largest absolute Gasteiger partial charge is 1.00 e. The Bertz CT molecular complexity index is 1000. The van der Waals surface area contributed by atoms with Gasteiger partial charge in [0.2, 0.25) is 0 Å². The summed E-state index contributed by atoms with van der Waals surface area (Å²) in [5.41, 5.74) is 0.776. The highest BCUT2D eigenvalue weighted by atomic mass is 79.9. The standard InChI is InChI=1S/C18H15P.C9H11BrO3/c1-4-10-16(11-5-1)19(17-12-6-2-7-13-17)18-14-8-3-9-15-18;1-12-8-3-6(5-10)7(11)4-9(8)13-2/h1-15H;3-4,11H,5H2,1-2H3/p+1. The van der Waals surface area contributed by atoms with Gasteiger partial charge < -0.3 is 14.6 Å². The summed E-state index contributed by atoms with van der Waals surface area (Å²) in [5, 5.41) is 14.3. The van der Waals surface area contributed by atoms with Crippen molar-refractivity contribution in [1.82, 2.24) is 0 Å². The maximum absolute atomic E-state index is 9.48. The van der Waals surface area contributed by atoms with Crippen LogP contribution in [0.3, 0.4) is 0 Å². The molecule has 0 atom stereocenters. The number of benzene rings is 4. The summed E-state index contributed by atoms with van der Waals surface area (Å²) in [5.74, 6) is 1.36. The van der Waals surface area contributed by atoms with E-state index >= 15 is 0 Å². The van der Waals surface area contributed by atoms with E-state index in [2.05, 4.69) is 107 Å². The van der Waals surface area contributed by atoms with Crippen LogP contribution in [0.1, 0.15) is 6.99 Å². The van der Waals surface area contributed by atoms with E-state index in [1.807, 2.05) is 0 Å². The Labute approximate surface area is 201 Å². The molecule has 4 aromatic carbocycles. The van der Waals surface area contributed by atoms with Gasteiger partial charge in [-0.25, -0.2) is 0 Å². The molecule has 3 nitrogen and oxygen atoms in total. The molecule has 0 fully saturated rings. The highest BCUT2D eigenvalue weighted by Gasteiger charge is 2.15. The van der Waals surface area contributed by atoms with E-state index in [-0.39, 0.29) is 7.18 Å². The van der Waals surface area contributed by atoms with E-state index in [9.17, 15) is 5.11 Å². The van der Waals surface area contributed by atoms with Crippen molar-refractivity contribution in [3.63, 3.8) is 0 Å². The molecule has 32 heavy (non-hydrogen) atoms. The molecule has 0 bridgehead atoms. The molecule has 0 unspecified atom stereocenters. The molecule has 5 heteroatoms. The lowest BCUT2D eigenvalue weighted by Gasteiger charge is -2.18. The Morgan fingerprint density at radius 1 is 0.688 bits per heavy atom. The fourth-order valence-corrected chi connectivity index (χ4v) is 5.95. The second kappa shape index (κ2) is 12.3. The number of rotatable bonds is 6. The predicted octanol–water partition coefficient (Wildman–Crippen LogP) is 5.86. The third-order valence-corrected chi connectivity index (χ3v) is 7.82. The van der Waals surface area contributed by atoms with E-state index in [1.54, 1.807) is 13.2 Å². The van der Waals surface area contributed by atoms with Crippen molar-refractivity contribution in [2.24, 2.45) is 0 Å². The smallest absolute Gasteiger partial charge is 0.507 e. The monoisotopic (exact) mass is 509 g/mol. The van der Waals surface area contributed by atoms with Crippen molar-refractivity contribution in [2.75, 3.05) is 14.2 Å². The Morgan fingerprint density at radius 2 is 1.06 bits per heavy atom. The van der Waals surface area contributed by atoms with Crippen molar-refractivity contribution in [2.45, 2.75) is 5.33 Å². The van der Waals surface area contributed by atoms with Gasteiger partial charge in [-0.2, -0.15) is 0 Å². The van der Waals surface area contributed by atoms with E-state index in [0.717, 1.165) is 5.56 Å². The SMILES string of the molecule is COc1cc(O)c(CBr)cc1OC.[H+].c1ccc(P(c2ccccc2)c2ccccc2)cc1. The van der Waals surface area contributed by atoms with Crippen molar-refractivity contribution in [3.8, 4) is 17.2 Å². The number of halogens is 1. The Kier molecular flexibility index (Phi) is 9.15. The van der Waals surface area contributed by atoms with E-state index in [0.29, 0.717) is 16.8 Å². The number of methoxy groups -OCH3 is 2. The summed E-state index contributed by atoms with van der Waals surface area (Å²) in [7, 11) is 2.65. The fraction of sp³-hybridized carbons (Fsp3) is 0.111. The number of ether oxygens (including phenoxy) is 2. The lowest BCUT2D eigenvalue weighted by atomic mass is 10.2. The quantitative estimate of drug-likeness (QED) is 0.261. The summed E-state index contributed by atoms with van der Waals surface area (Å²) in [4.78, 5) is 0. The molecule has 0 aliphatic rings. The molecule has 164 valence electrons. The van der Waals surface area contributed by atoms with Gasteiger partial charge in [-0.1, -0.05) is 107 Å². The van der Waals surface area contributed by atoms with Crippen LogP contribution in [0.4, 0.5) is 0 Å². The average molecular weight is 510 g/mol. The topological polar surface area (TPSA) is 38.7 Å². The van der Waals surface area contributed by atoms with Gasteiger partial charge >= 0.3 is 1.43 Å². The average Bonchev–Trinajstić information content (AvgIpc) is 2.86. The van der Waals surface area contributed by atoms with Crippen LogP contribution < -0.4 is 25.4 Å². The summed E-state index contributed by atoms with van der Waals surface area (Å²) in [6.07, 6.45) is 0. The molecule has 0 aliphatic heterocycles. The number of hydrogen-bond acceptors (Lipinski definition) is 3. The van der Waals surface area contributed by atoms with E-state index in [4.69, 9.17) is 9.47 Å². The molecular weight excluding hydrogens is 483 g/mol. The molecule has 4 rings (SSSR count). The van der Waals surface area contributed by atoms with Crippen LogP contribution >= 0.6 is 23.9 Å². The fourth-order valence-electron chi connectivity index (χ4n) is 3.20. The zero-order chi connectivity index (χ0) is 22.8. The predicted molar refractivity (Wildman–Crippen MR) is 140 cm³/mol. The first-order valence-corrected chi connectivity index (χ1v) is 12.6. The van der Waals surface area contributed by atoms with Gasteiger partial charge in [0.1, 0.15) is 5.75 Å². The lowest BCUT2D eigenvalue weighted by molar-refractivity contribution is 0.350. The van der Waals surface area contributed by atoms with Crippen molar-refractivity contribution in [1.29, 1.82) is 0 Å². The molecule has 0 aliphatic carbocycles. The number of hydrogen-bond donors (Lipinski definition) is 1. The normalized spacial score (nSPS) is 10.2. The minimum atomic E-state index is -0.446. The first-order valence-electron chi connectivity index (χ1n) is 10.1. The molecule has 0 radical (unpaired) electrons. The number of alkyl halides is 1. The molecule has 4 aromatic rings. The van der Waals surface area contributed by atoms with Crippen LogP contribution in [0, 0.1) is 0 Å². The van der Waals surface area contributed by atoms with Crippen LogP contribution in [0.2, 0.25) is 0 Å². The zero-order valence-electron chi connectivity index (χ0n) is 19.1. The van der Waals surface area contributed by atoms with Gasteiger partial charge in [0, 0.05) is 17.0 Å². The van der Waals surface area contributed by atoms with Crippen LogP contribution in [-0.4, -0.2) is 19.3 Å². The molecule has 0 heterocycles. The Morgan fingerprint density at radius 3 is 1.41 bits per heavy atom. The molecule has 0 amide bonds. The van der Waals surface area contributed by atoms with E-state index in [1.165, 1.54) is 29.1 Å². The zero-order valence-corrected chi connectivity index (χ0v) is 20.6. The Balaban J connectivity index is 0.000000244. The lowest BCUT2D eigenvalue weighted by Crippen LogP contribution is -2.20. The summed E-state index contributed by atoms with van der Waals surface area (Å²) < 4.78 is 10.1. The minimum absolute atomic E-state index is 0. The number of phenolic OH excluding ortho intramolecular Hbond substituents is 1. The van der Waals surface area contributed by atoms with Gasteiger partial charge in [-0.3, -0.25) is 0 Å². The van der Waals surface area contributed by atoms with Gasteiger partial charge in [-0.15, -0.1) is 0 Å². The van der Waals surface area contributed by atoms with Gasteiger partial charge in [0.15, 0.2) is 11.5 Å². The van der Waals surface area contributed by atoms with Crippen molar-refractivity contribution < 1.29 is 16.0 Å². The van der Waals surface area contributed by atoms with Crippen LogP contribution in [0.5, 0.6) is 17.2 Å². The van der Waals surface area contributed by atoms with Gasteiger partial charge in [0.25, 0.3) is 0 Å². The summed E-state index contributed by atoms with van der Waals surface area (Å²) in [6, 6.07) is 35.6. The number of aromatic hydroxyl groups is 1. The van der Waals surface area contributed by atoms with Crippen LogP contribution in [-0.2, 0) is 5.33 Å². The molecule has 0 saturated heterocycles. The highest BCUT2D eigenvalue weighted by Crippen LogP contribution is 2.35.